The zero-order chi connectivity index (χ0) is 21.3. The predicted octanol–water partition coefficient (Wildman–Crippen LogP) is 5.07. The molecule has 0 saturated heterocycles. The van der Waals surface area contributed by atoms with Gasteiger partial charge in [-0.15, -0.1) is 23.4 Å². The smallest absolute Gasteiger partial charge is 0.481 e. The molecule has 154 valence electrons. The molecule has 0 amide bonds. The van der Waals surface area contributed by atoms with Gasteiger partial charge in [-0.25, -0.2) is 0 Å². The fraction of sp³-hybridized carbons (Fsp3) is 0.150. The van der Waals surface area contributed by atoms with Crippen molar-refractivity contribution in [2.75, 3.05) is 0 Å². The van der Waals surface area contributed by atoms with E-state index in [1.165, 1.54) is 24.5 Å². The van der Waals surface area contributed by atoms with Crippen LogP contribution in [0.1, 0.15) is 12.3 Å². The summed E-state index contributed by atoms with van der Waals surface area (Å²) in [7, 11) is 0. The molecule has 1 N–H and O–H groups in total. The molecule has 7 nitrogen and oxygen atoms in total. The number of hydrogen-bond acceptors (Lipinski definition) is 6. The minimum absolute atomic E-state index is 0.105. The molecule has 0 fully saturated rings. The molecule has 2 heterocycles. The van der Waals surface area contributed by atoms with E-state index in [0.29, 0.717) is 27.7 Å². The van der Waals surface area contributed by atoms with Crippen molar-refractivity contribution in [3.8, 4) is 28.3 Å². The van der Waals surface area contributed by atoms with Gasteiger partial charge in [0, 0.05) is 22.9 Å². The van der Waals surface area contributed by atoms with Crippen molar-refractivity contribution < 1.29 is 36.6 Å². The van der Waals surface area contributed by atoms with Gasteiger partial charge in [0.05, 0.1) is 12.7 Å². The second-order valence-electron chi connectivity index (χ2n) is 6.33. The number of furan rings is 1. The summed E-state index contributed by atoms with van der Waals surface area (Å²) < 4.78 is 52.5. The van der Waals surface area contributed by atoms with E-state index in [1.54, 1.807) is 24.3 Å². The largest absolute Gasteiger partial charge is 0.573 e. The number of ether oxygens (including phenoxy) is 1. The highest BCUT2D eigenvalue weighted by Crippen LogP contribution is 2.35. The van der Waals surface area contributed by atoms with Crippen molar-refractivity contribution in [1.29, 1.82) is 0 Å². The van der Waals surface area contributed by atoms with Crippen LogP contribution in [0.5, 0.6) is 5.75 Å². The van der Waals surface area contributed by atoms with Crippen molar-refractivity contribution in [3.63, 3.8) is 0 Å². The number of aliphatic carboxylic acids is 1. The number of benzene rings is 2. The maximum absolute atomic E-state index is 12.5. The molecule has 0 aliphatic rings. The maximum Gasteiger partial charge on any atom is 0.573 e. The van der Waals surface area contributed by atoms with Crippen LogP contribution in [-0.4, -0.2) is 27.6 Å². The van der Waals surface area contributed by atoms with Crippen molar-refractivity contribution >= 4 is 16.9 Å². The first-order valence-electron chi connectivity index (χ1n) is 8.70. The van der Waals surface area contributed by atoms with E-state index >= 15 is 0 Å². The first-order valence-corrected chi connectivity index (χ1v) is 8.70. The number of fused-ring (bicyclic) bond motifs is 1. The Morgan fingerprint density at radius 3 is 2.70 bits per heavy atom. The highest BCUT2D eigenvalue weighted by atomic mass is 19.4. The Balaban J connectivity index is 1.67. The van der Waals surface area contributed by atoms with Crippen LogP contribution in [0, 0.1) is 0 Å². The summed E-state index contributed by atoms with van der Waals surface area (Å²) in [5, 5.41) is 17.1. The molecule has 30 heavy (non-hydrogen) atoms. The Kier molecular flexibility index (Phi) is 4.90. The van der Waals surface area contributed by atoms with E-state index in [-0.39, 0.29) is 30.4 Å². The molecular formula is C20H13F3N2O5. The number of rotatable bonds is 6. The average Bonchev–Trinajstić information content (AvgIpc) is 3.32. The molecule has 4 aromatic rings. The average molecular weight is 418 g/mol. The van der Waals surface area contributed by atoms with Crippen LogP contribution in [-0.2, 0) is 11.2 Å². The molecule has 0 aliphatic heterocycles. The first kappa shape index (κ1) is 19.5. The third-order valence-electron chi connectivity index (χ3n) is 4.22. The lowest BCUT2D eigenvalue weighted by atomic mass is 10.0. The second kappa shape index (κ2) is 7.54. The Morgan fingerprint density at radius 2 is 1.93 bits per heavy atom. The van der Waals surface area contributed by atoms with Gasteiger partial charge in [0.25, 0.3) is 0 Å². The van der Waals surface area contributed by atoms with Crippen molar-refractivity contribution in [1.82, 2.24) is 10.2 Å². The van der Waals surface area contributed by atoms with Crippen LogP contribution in [0.25, 0.3) is 33.6 Å². The van der Waals surface area contributed by atoms with Crippen molar-refractivity contribution in [3.05, 3.63) is 54.6 Å². The topological polar surface area (TPSA) is 98.6 Å². The summed E-state index contributed by atoms with van der Waals surface area (Å²) in [6.45, 7) is 0. The number of aromatic nitrogens is 2. The third-order valence-corrected chi connectivity index (χ3v) is 4.22. The van der Waals surface area contributed by atoms with Crippen LogP contribution >= 0.6 is 0 Å². The van der Waals surface area contributed by atoms with Crippen LogP contribution in [0.15, 0.2) is 57.6 Å². The molecule has 0 saturated carbocycles. The number of nitrogens with zero attached hydrogens (tertiary/aromatic N) is 2. The lowest BCUT2D eigenvalue weighted by Gasteiger charge is -2.09. The summed E-state index contributed by atoms with van der Waals surface area (Å²) in [5.41, 5.74) is 2.11. The third kappa shape index (κ3) is 4.27. The number of carboxylic acid groups (broad SMARTS) is 1. The van der Waals surface area contributed by atoms with E-state index < -0.39 is 12.3 Å². The van der Waals surface area contributed by atoms with Gasteiger partial charge >= 0.3 is 12.3 Å². The van der Waals surface area contributed by atoms with E-state index in [4.69, 9.17) is 13.9 Å². The zero-order valence-electron chi connectivity index (χ0n) is 15.1. The SMILES string of the molecule is O=C(O)CCc1nnc(-c2ccc3occ(-c4cccc(OC(F)(F)F)c4)c3c2)o1. The van der Waals surface area contributed by atoms with Crippen LogP contribution in [0.3, 0.4) is 0 Å². The molecular weight excluding hydrogens is 405 g/mol. The fourth-order valence-corrected chi connectivity index (χ4v) is 2.93. The molecule has 2 aromatic heterocycles. The van der Waals surface area contributed by atoms with Crippen LogP contribution < -0.4 is 4.74 Å². The zero-order valence-corrected chi connectivity index (χ0v) is 15.1. The lowest BCUT2D eigenvalue weighted by Crippen LogP contribution is -2.17. The quantitative estimate of drug-likeness (QED) is 0.467. The first-order chi connectivity index (χ1) is 14.3. The summed E-state index contributed by atoms with van der Waals surface area (Å²) in [6, 6.07) is 10.6. The van der Waals surface area contributed by atoms with Crippen molar-refractivity contribution in [2.45, 2.75) is 19.2 Å². The number of carbonyl (C=O) groups is 1. The van der Waals surface area contributed by atoms with Gasteiger partial charge < -0.3 is 18.7 Å². The van der Waals surface area contributed by atoms with Gasteiger partial charge in [0.2, 0.25) is 11.8 Å². The highest BCUT2D eigenvalue weighted by molar-refractivity contribution is 5.96. The normalized spacial score (nSPS) is 11.7. The van der Waals surface area contributed by atoms with E-state index in [9.17, 15) is 18.0 Å². The Hall–Kier alpha value is -3.82. The van der Waals surface area contributed by atoms with Crippen LogP contribution in [0.2, 0.25) is 0 Å². The number of halogens is 3. The van der Waals surface area contributed by atoms with Gasteiger partial charge in [-0.2, -0.15) is 0 Å². The van der Waals surface area contributed by atoms with Gasteiger partial charge in [-0.05, 0) is 35.9 Å². The van der Waals surface area contributed by atoms with Gasteiger partial charge in [-0.1, -0.05) is 12.1 Å². The second-order valence-corrected chi connectivity index (χ2v) is 6.33. The standard InChI is InChI=1S/C20H13F3N2O5/c21-20(22,23)30-13-3-1-2-11(8-13)15-10-28-16-5-4-12(9-14(15)16)19-25-24-17(29-19)6-7-18(26)27/h1-5,8-10H,6-7H2,(H,26,27). The molecule has 2 aromatic carbocycles. The van der Waals surface area contributed by atoms with Crippen LogP contribution in [0.4, 0.5) is 13.2 Å². The molecule has 0 aliphatic carbocycles. The van der Waals surface area contributed by atoms with E-state index in [1.807, 2.05) is 0 Å². The summed E-state index contributed by atoms with van der Waals surface area (Å²) in [5.74, 6) is -0.933. The van der Waals surface area contributed by atoms with E-state index in [0.717, 1.165) is 0 Å². The maximum atomic E-state index is 12.5. The fourth-order valence-electron chi connectivity index (χ4n) is 2.93. The number of carboxylic acids is 1. The molecule has 0 bridgehead atoms. The predicted molar refractivity (Wildman–Crippen MR) is 97.6 cm³/mol. The Morgan fingerprint density at radius 1 is 1.10 bits per heavy atom. The minimum Gasteiger partial charge on any atom is -0.481 e. The van der Waals surface area contributed by atoms with Crippen molar-refractivity contribution in [2.24, 2.45) is 0 Å². The number of hydrogen-bond donors (Lipinski definition) is 1. The molecule has 0 spiro atoms. The molecule has 0 radical (unpaired) electrons. The molecule has 10 heteroatoms. The Labute approximate surface area is 166 Å². The van der Waals surface area contributed by atoms with Gasteiger partial charge in [-0.3, -0.25) is 4.79 Å². The highest BCUT2D eigenvalue weighted by Gasteiger charge is 2.31. The van der Waals surface area contributed by atoms with E-state index in [2.05, 4.69) is 14.9 Å². The molecule has 0 unspecified atom stereocenters. The van der Waals surface area contributed by atoms with Gasteiger partial charge in [0.1, 0.15) is 11.3 Å². The lowest BCUT2D eigenvalue weighted by molar-refractivity contribution is -0.274. The van der Waals surface area contributed by atoms with Gasteiger partial charge in [0.15, 0.2) is 0 Å². The minimum atomic E-state index is -4.79. The number of aryl methyl sites for hydroxylation is 1. The monoisotopic (exact) mass is 418 g/mol. The number of alkyl halides is 3. The summed E-state index contributed by atoms with van der Waals surface area (Å²) in [6.07, 6.45) is -3.38. The molecule has 4 rings (SSSR count). The summed E-state index contributed by atoms with van der Waals surface area (Å²) >= 11 is 0. The Bertz CT molecular complexity index is 1210. The summed E-state index contributed by atoms with van der Waals surface area (Å²) in [4.78, 5) is 10.7. The molecule has 0 atom stereocenters.